The molecule has 26 heavy (non-hydrogen) atoms. The Morgan fingerprint density at radius 1 is 1.23 bits per heavy atom. The van der Waals surface area contributed by atoms with Gasteiger partial charge in [0, 0.05) is 11.3 Å². The van der Waals surface area contributed by atoms with Gasteiger partial charge in [-0.2, -0.15) is 13.2 Å². The highest BCUT2D eigenvalue weighted by Crippen LogP contribution is 2.48. The Kier molecular flexibility index (Phi) is 5.53. The number of pyridine rings is 1. The van der Waals surface area contributed by atoms with Gasteiger partial charge in [0.05, 0.1) is 17.8 Å². The van der Waals surface area contributed by atoms with Gasteiger partial charge in [0.2, 0.25) is 3.79 Å². The SMILES string of the molecule is O=C(Nc1c2c(nc(CC(F)(F)F)c1C1CC1)CCC2)OCC(Cl)(Cl)Cl. The minimum absolute atomic E-state index is 0.0164. The number of hydrogen-bond donors (Lipinski definition) is 1. The Morgan fingerprint density at radius 3 is 2.50 bits per heavy atom. The maximum atomic E-state index is 13.0. The lowest BCUT2D eigenvalue weighted by Crippen LogP contribution is -2.23. The lowest BCUT2D eigenvalue weighted by molar-refractivity contribution is -0.127. The summed E-state index contributed by atoms with van der Waals surface area (Å²) in [6.45, 7) is -0.467. The molecule has 0 bridgehead atoms. The van der Waals surface area contributed by atoms with E-state index in [-0.39, 0.29) is 11.6 Å². The molecule has 1 aromatic heterocycles. The zero-order valence-electron chi connectivity index (χ0n) is 13.6. The third kappa shape index (κ3) is 5.08. The average Bonchev–Trinajstić information content (AvgIpc) is 3.20. The number of halogens is 6. The fourth-order valence-corrected chi connectivity index (χ4v) is 3.38. The molecule has 0 radical (unpaired) electrons. The number of fused-ring (bicyclic) bond motifs is 1. The topological polar surface area (TPSA) is 51.2 Å². The van der Waals surface area contributed by atoms with Crippen molar-refractivity contribution in [1.29, 1.82) is 0 Å². The molecular weight excluding hydrogens is 416 g/mol. The summed E-state index contributed by atoms with van der Waals surface area (Å²) in [5, 5.41) is 2.59. The van der Waals surface area contributed by atoms with Gasteiger partial charge in [-0.05, 0) is 43.6 Å². The van der Waals surface area contributed by atoms with Crippen LogP contribution in [0.2, 0.25) is 0 Å². The molecule has 0 spiro atoms. The van der Waals surface area contributed by atoms with Gasteiger partial charge in [0.1, 0.15) is 6.61 Å². The molecule has 1 heterocycles. The lowest BCUT2D eigenvalue weighted by atomic mass is 9.99. The summed E-state index contributed by atoms with van der Waals surface area (Å²) in [6, 6.07) is 0. The molecule has 0 saturated heterocycles. The molecule has 1 N–H and O–H groups in total. The summed E-state index contributed by atoms with van der Waals surface area (Å²) in [5.41, 5.74) is 2.23. The van der Waals surface area contributed by atoms with Gasteiger partial charge in [-0.25, -0.2) is 4.79 Å². The van der Waals surface area contributed by atoms with Crippen molar-refractivity contribution in [2.75, 3.05) is 11.9 Å². The van der Waals surface area contributed by atoms with Gasteiger partial charge in [-0.3, -0.25) is 10.3 Å². The molecule has 1 amide bonds. The Bertz CT molecular complexity index is 716. The van der Waals surface area contributed by atoms with Crippen LogP contribution in [0, 0.1) is 0 Å². The van der Waals surface area contributed by atoms with E-state index < -0.39 is 29.1 Å². The number of rotatable bonds is 4. The number of anilines is 1. The highest BCUT2D eigenvalue weighted by atomic mass is 35.6. The fourth-order valence-electron chi connectivity index (χ4n) is 3.22. The van der Waals surface area contributed by atoms with E-state index in [1.807, 2.05) is 0 Å². The van der Waals surface area contributed by atoms with Crippen LogP contribution in [0.4, 0.5) is 23.7 Å². The zero-order valence-corrected chi connectivity index (χ0v) is 15.8. The lowest BCUT2D eigenvalue weighted by Gasteiger charge is -2.20. The zero-order chi connectivity index (χ0) is 19.1. The van der Waals surface area contributed by atoms with Crippen molar-refractivity contribution in [3.8, 4) is 0 Å². The fraction of sp³-hybridized carbons (Fsp3) is 0.625. The summed E-state index contributed by atoms with van der Waals surface area (Å²) in [5.74, 6) is -0.0331. The summed E-state index contributed by atoms with van der Waals surface area (Å²) in [6.07, 6.45) is -2.82. The molecule has 2 aliphatic rings. The largest absolute Gasteiger partial charge is 0.445 e. The molecular formula is C16H16Cl3F3N2O2. The van der Waals surface area contributed by atoms with Gasteiger partial charge >= 0.3 is 12.3 Å². The van der Waals surface area contributed by atoms with Gasteiger partial charge in [0.25, 0.3) is 0 Å². The highest BCUT2D eigenvalue weighted by Gasteiger charge is 2.38. The van der Waals surface area contributed by atoms with Crippen LogP contribution in [0.15, 0.2) is 0 Å². The first-order valence-electron chi connectivity index (χ1n) is 8.15. The van der Waals surface area contributed by atoms with E-state index in [1.54, 1.807) is 0 Å². The van der Waals surface area contributed by atoms with E-state index in [2.05, 4.69) is 10.3 Å². The van der Waals surface area contributed by atoms with Gasteiger partial charge < -0.3 is 4.74 Å². The highest BCUT2D eigenvalue weighted by molar-refractivity contribution is 6.67. The van der Waals surface area contributed by atoms with E-state index in [1.165, 1.54) is 0 Å². The van der Waals surface area contributed by atoms with Crippen LogP contribution in [-0.2, 0) is 24.0 Å². The van der Waals surface area contributed by atoms with Crippen molar-refractivity contribution < 1.29 is 22.7 Å². The van der Waals surface area contributed by atoms with Crippen LogP contribution in [-0.4, -0.2) is 27.7 Å². The molecule has 2 aliphatic carbocycles. The Balaban J connectivity index is 1.93. The van der Waals surface area contributed by atoms with Crippen LogP contribution in [0.3, 0.4) is 0 Å². The summed E-state index contributed by atoms with van der Waals surface area (Å²) < 4.78 is 42.1. The number of carbonyl (C=O) groups is 1. The second-order valence-electron chi connectivity index (χ2n) is 6.51. The van der Waals surface area contributed by atoms with Crippen molar-refractivity contribution in [2.24, 2.45) is 0 Å². The van der Waals surface area contributed by atoms with E-state index >= 15 is 0 Å². The first kappa shape index (κ1) is 19.8. The Labute approximate surface area is 163 Å². The predicted octanol–water partition coefficient (Wildman–Crippen LogP) is 5.47. The quantitative estimate of drug-likeness (QED) is 0.643. The van der Waals surface area contributed by atoms with Crippen LogP contribution >= 0.6 is 34.8 Å². The molecule has 1 fully saturated rings. The normalized spacial score (nSPS) is 17.2. The van der Waals surface area contributed by atoms with Crippen LogP contribution in [0.25, 0.3) is 0 Å². The van der Waals surface area contributed by atoms with Crippen molar-refractivity contribution in [1.82, 2.24) is 4.98 Å². The van der Waals surface area contributed by atoms with Crippen molar-refractivity contribution in [3.05, 3.63) is 22.5 Å². The first-order chi connectivity index (χ1) is 12.0. The summed E-state index contributed by atoms with van der Waals surface area (Å²) >= 11 is 16.7. The van der Waals surface area contributed by atoms with Crippen molar-refractivity contribution in [2.45, 2.75) is 54.4 Å². The molecule has 0 aromatic carbocycles. The second-order valence-corrected chi connectivity index (χ2v) is 9.02. The predicted molar refractivity (Wildman–Crippen MR) is 93.3 cm³/mol. The van der Waals surface area contributed by atoms with E-state index in [9.17, 15) is 18.0 Å². The maximum absolute atomic E-state index is 13.0. The smallest absolute Gasteiger partial charge is 0.411 e. The molecule has 144 valence electrons. The third-order valence-corrected chi connectivity index (χ3v) is 4.62. The van der Waals surface area contributed by atoms with Crippen LogP contribution < -0.4 is 5.32 Å². The summed E-state index contributed by atoms with van der Waals surface area (Å²) in [7, 11) is 0. The molecule has 4 nitrogen and oxygen atoms in total. The molecule has 0 unspecified atom stereocenters. The number of aromatic nitrogens is 1. The number of amides is 1. The molecule has 1 aromatic rings. The van der Waals surface area contributed by atoms with Gasteiger partial charge in [-0.1, -0.05) is 34.8 Å². The standard InChI is InChI=1S/C16H16Cl3F3N2O2/c17-15(18,19)7-26-14(25)24-13-9-2-1-3-10(9)23-11(6-16(20,21)22)12(13)8-4-5-8/h8H,1-7H2,(H,23,24,25). The molecule has 0 aliphatic heterocycles. The van der Waals surface area contributed by atoms with Gasteiger partial charge in [0.15, 0.2) is 0 Å². The number of ether oxygens (including phenoxy) is 1. The third-order valence-electron chi connectivity index (χ3n) is 4.29. The minimum Gasteiger partial charge on any atom is -0.445 e. The number of aryl methyl sites for hydroxylation is 1. The molecule has 10 heteroatoms. The van der Waals surface area contributed by atoms with E-state index in [0.717, 1.165) is 24.8 Å². The van der Waals surface area contributed by atoms with Crippen molar-refractivity contribution >= 4 is 46.6 Å². The summed E-state index contributed by atoms with van der Waals surface area (Å²) in [4.78, 5) is 16.4. The molecule has 0 atom stereocenters. The van der Waals surface area contributed by atoms with E-state index in [4.69, 9.17) is 39.5 Å². The monoisotopic (exact) mass is 430 g/mol. The Morgan fingerprint density at radius 2 is 1.92 bits per heavy atom. The minimum atomic E-state index is -4.38. The number of alkyl halides is 6. The number of nitrogens with zero attached hydrogens (tertiary/aromatic N) is 1. The second kappa shape index (κ2) is 7.24. The number of nitrogens with one attached hydrogen (secondary N) is 1. The van der Waals surface area contributed by atoms with Crippen LogP contribution in [0.1, 0.15) is 47.7 Å². The Hall–Kier alpha value is -0.920. The first-order valence-corrected chi connectivity index (χ1v) is 9.28. The molecule has 1 saturated carbocycles. The number of hydrogen-bond acceptors (Lipinski definition) is 3. The molecule has 3 rings (SSSR count). The van der Waals surface area contributed by atoms with Gasteiger partial charge in [-0.15, -0.1) is 0 Å². The maximum Gasteiger partial charge on any atom is 0.411 e. The van der Waals surface area contributed by atoms with Crippen molar-refractivity contribution in [3.63, 3.8) is 0 Å². The van der Waals surface area contributed by atoms with Crippen LogP contribution in [0.5, 0.6) is 0 Å². The van der Waals surface area contributed by atoms with E-state index in [0.29, 0.717) is 29.8 Å². The average molecular weight is 432 g/mol. The number of carbonyl (C=O) groups excluding carboxylic acids is 1.